The van der Waals surface area contributed by atoms with Gasteiger partial charge in [-0.15, -0.1) is 0 Å². The summed E-state index contributed by atoms with van der Waals surface area (Å²) in [5, 5.41) is 0. The van der Waals surface area contributed by atoms with Crippen LogP contribution in [0.3, 0.4) is 0 Å². The van der Waals surface area contributed by atoms with Crippen molar-refractivity contribution in [3.05, 3.63) is 48.0 Å². The van der Waals surface area contributed by atoms with Gasteiger partial charge >= 0.3 is 12.1 Å². The molecule has 0 amide bonds. The summed E-state index contributed by atoms with van der Waals surface area (Å²) in [5.41, 5.74) is 0.965. The van der Waals surface area contributed by atoms with E-state index in [1.165, 1.54) is 0 Å². The SMILES string of the molecule is CC(=O)O[C@H](/C=C\C(F)(F)F)CCOCc1ccccc1. The van der Waals surface area contributed by atoms with Crippen molar-refractivity contribution in [1.29, 1.82) is 0 Å². The Morgan fingerprint density at radius 3 is 2.52 bits per heavy atom. The van der Waals surface area contributed by atoms with E-state index in [2.05, 4.69) is 0 Å². The Bertz CT molecular complexity index is 455. The summed E-state index contributed by atoms with van der Waals surface area (Å²) in [6.45, 7) is 1.70. The fraction of sp³-hybridized carbons (Fsp3) is 0.400. The number of benzene rings is 1. The average Bonchev–Trinajstić information content (AvgIpc) is 2.40. The van der Waals surface area contributed by atoms with Gasteiger partial charge in [-0.1, -0.05) is 30.3 Å². The standard InChI is InChI=1S/C15H17F3O3/c1-12(19)21-14(7-9-15(16,17)18)8-10-20-11-13-5-3-2-4-6-13/h2-7,9,14H,8,10-11H2,1H3/b9-7-/t14-/m1/s1. The Labute approximate surface area is 121 Å². The van der Waals surface area contributed by atoms with Crippen molar-refractivity contribution in [2.45, 2.75) is 32.2 Å². The molecule has 0 aliphatic rings. The molecule has 0 aliphatic carbocycles. The predicted octanol–water partition coefficient (Wildman–Crippen LogP) is 3.64. The van der Waals surface area contributed by atoms with Crippen molar-refractivity contribution in [2.24, 2.45) is 0 Å². The van der Waals surface area contributed by atoms with Crippen LogP contribution in [-0.2, 0) is 20.9 Å². The number of hydrogen-bond acceptors (Lipinski definition) is 3. The number of halogens is 3. The normalized spacial score (nSPS) is 13.3. The Kier molecular flexibility index (Phi) is 6.94. The van der Waals surface area contributed by atoms with Gasteiger partial charge < -0.3 is 9.47 Å². The number of hydrogen-bond donors (Lipinski definition) is 0. The highest BCUT2D eigenvalue weighted by molar-refractivity contribution is 5.66. The van der Waals surface area contributed by atoms with Crippen LogP contribution in [0.2, 0.25) is 0 Å². The lowest BCUT2D eigenvalue weighted by atomic mass is 10.2. The summed E-state index contributed by atoms with van der Waals surface area (Å²) >= 11 is 0. The Hall–Kier alpha value is -1.82. The third kappa shape index (κ3) is 8.86. The number of alkyl halides is 3. The van der Waals surface area contributed by atoms with Crippen LogP contribution in [0.15, 0.2) is 42.5 Å². The highest BCUT2D eigenvalue weighted by atomic mass is 19.4. The van der Waals surface area contributed by atoms with Gasteiger partial charge in [-0.05, 0) is 11.6 Å². The van der Waals surface area contributed by atoms with E-state index in [1.54, 1.807) is 0 Å². The molecule has 3 nitrogen and oxygen atoms in total. The maximum Gasteiger partial charge on any atom is 0.409 e. The summed E-state index contributed by atoms with van der Waals surface area (Å²) in [7, 11) is 0. The summed E-state index contributed by atoms with van der Waals surface area (Å²) in [4.78, 5) is 10.9. The second-order valence-electron chi connectivity index (χ2n) is 4.38. The number of allylic oxidation sites excluding steroid dienone is 1. The van der Waals surface area contributed by atoms with Gasteiger partial charge in [0.15, 0.2) is 0 Å². The fourth-order valence-electron chi connectivity index (χ4n) is 1.59. The van der Waals surface area contributed by atoms with E-state index in [0.717, 1.165) is 18.6 Å². The van der Waals surface area contributed by atoms with Crippen molar-refractivity contribution in [2.75, 3.05) is 6.61 Å². The molecule has 1 aromatic carbocycles. The first-order valence-corrected chi connectivity index (χ1v) is 6.42. The molecule has 0 aromatic heterocycles. The summed E-state index contributed by atoms with van der Waals surface area (Å²) in [6.07, 6.45) is -4.31. The van der Waals surface area contributed by atoms with Crippen LogP contribution < -0.4 is 0 Å². The van der Waals surface area contributed by atoms with Crippen molar-refractivity contribution < 1.29 is 27.4 Å². The molecule has 0 bridgehead atoms. The lowest BCUT2D eigenvalue weighted by molar-refractivity contribution is -0.145. The number of carbonyl (C=O) groups excluding carboxylic acids is 1. The van der Waals surface area contributed by atoms with Crippen LogP contribution in [0.25, 0.3) is 0 Å². The first-order chi connectivity index (χ1) is 9.87. The van der Waals surface area contributed by atoms with E-state index >= 15 is 0 Å². The molecule has 1 rings (SSSR count). The minimum absolute atomic E-state index is 0.0673. The van der Waals surface area contributed by atoms with Gasteiger partial charge in [-0.2, -0.15) is 13.2 Å². The van der Waals surface area contributed by atoms with Crippen LogP contribution in [-0.4, -0.2) is 24.9 Å². The van der Waals surface area contributed by atoms with Gasteiger partial charge in [-0.25, -0.2) is 0 Å². The van der Waals surface area contributed by atoms with Crippen LogP contribution in [0.1, 0.15) is 18.9 Å². The van der Waals surface area contributed by atoms with Crippen molar-refractivity contribution >= 4 is 5.97 Å². The highest BCUT2D eigenvalue weighted by Gasteiger charge is 2.23. The molecule has 0 N–H and O–H groups in total. The summed E-state index contributed by atoms with van der Waals surface area (Å²) in [5.74, 6) is -0.630. The number of ether oxygens (including phenoxy) is 2. The van der Waals surface area contributed by atoms with Gasteiger partial charge in [0.25, 0.3) is 0 Å². The van der Waals surface area contributed by atoms with Crippen molar-refractivity contribution in [3.63, 3.8) is 0 Å². The van der Waals surface area contributed by atoms with E-state index < -0.39 is 18.2 Å². The molecule has 0 aliphatic heterocycles. The predicted molar refractivity (Wildman–Crippen MR) is 71.5 cm³/mol. The van der Waals surface area contributed by atoms with E-state index in [1.807, 2.05) is 30.3 Å². The van der Waals surface area contributed by atoms with Gasteiger partial charge in [0, 0.05) is 19.4 Å². The maximum atomic E-state index is 12.1. The molecule has 0 radical (unpaired) electrons. The fourth-order valence-corrected chi connectivity index (χ4v) is 1.59. The second kappa shape index (κ2) is 8.46. The summed E-state index contributed by atoms with van der Waals surface area (Å²) < 4.78 is 46.5. The Morgan fingerprint density at radius 2 is 1.95 bits per heavy atom. The van der Waals surface area contributed by atoms with Gasteiger partial charge in [0.1, 0.15) is 6.10 Å². The highest BCUT2D eigenvalue weighted by Crippen LogP contribution is 2.17. The lowest BCUT2D eigenvalue weighted by Gasteiger charge is -2.13. The molecule has 0 heterocycles. The molecular formula is C15H17F3O3. The zero-order chi connectivity index (χ0) is 15.7. The molecule has 0 saturated carbocycles. The summed E-state index contributed by atoms with van der Waals surface area (Å²) in [6, 6.07) is 9.38. The molecule has 0 spiro atoms. The Balaban J connectivity index is 2.39. The Morgan fingerprint density at radius 1 is 1.29 bits per heavy atom. The van der Waals surface area contributed by atoms with Crippen molar-refractivity contribution in [3.8, 4) is 0 Å². The molecule has 0 fully saturated rings. The van der Waals surface area contributed by atoms with Gasteiger partial charge in [0.05, 0.1) is 13.2 Å². The second-order valence-corrected chi connectivity index (χ2v) is 4.38. The van der Waals surface area contributed by atoms with E-state index in [-0.39, 0.29) is 19.1 Å². The van der Waals surface area contributed by atoms with Crippen LogP contribution in [0, 0.1) is 0 Å². The van der Waals surface area contributed by atoms with E-state index in [9.17, 15) is 18.0 Å². The van der Waals surface area contributed by atoms with E-state index in [0.29, 0.717) is 6.61 Å². The molecule has 116 valence electrons. The molecule has 0 saturated heterocycles. The monoisotopic (exact) mass is 302 g/mol. The smallest absolute Gasteiger partial charge is 0.409 e. The number of rotatable bonds is 7. The van der Waals surface area contributed by atoms with Crippen LogP contribution >= 0.6 is 0 Å². The third-order valence-corrected chi connectivity index (χ3v) is 2.48. The minimum atomic E-state index is -4.43. The van der Waals surface area contributed by atoms with Crippen LogP contribution in [0.5, 0.6) is 0 Å². The van der Waals surface area contributed by atoms with Gasteiger partial charge in [-0.3, -0.25) is 4.79 Å². The molecule has 1 aromatic rings. The first-order valence-electron chi connectivity index (χ1n) is 6.42. The third-order valence-electron chi connectivity index (χ3n) is 2.48. The number of carbonyl (C=O) groups is 1. The van der Waals surface area contributed by atoms with E-state index in [4.69, 9.17) is 9.47 Å². The quantitative estimate of drug-likeness (QED) is 0.438. The largest absolute Gasteiger partial charge is 0.458 e. The van der Waals surface area contributed by atoms with Gasteiger partial charge in [0.2, 0.25) is 0 Å². The van der Waals surface area contributed by atoms with Crippen molar-refractivity contribution in [1.82, 2.24) is 0 Å². The zero-order valence-corrected chi connectivity index (χ0v) is 11.6. The minimum Gasteiger partial charge on any atom is -0.458 e. The molecule has 6 heteroatoms. The molecule has 1 atom stereocenters. The maximum absolute atomic E-state index is 12.1. The first kappa shape index (κ1) is 17.2. The lowest BCUT2D eigenvalue weighted by Crippen LogP contribution is -2.17. The average molecular weight is 302 g/mol. The topological polar surface area (TPSA) is 35.5 Å². The molecular weight excluding hydrogens is 285 g/mol. The molecule has 21 heavy (non-hydrogen) atoms. The molecule has 0 unspecified atom stereocenters. The number of esters is 1. The van der Waals surface area contributed by atoms with Crippen LogP contribution in [0.4, 0.5) is 13.2 Å². The zero-order valence-electron chi connectivity index (χ0n) is 11.6.